The minimum absolute atomic E-state index is 0.0635. The van der Waals surface area contributed by atoms with Gasteiger partial charge in [0.1, 0.15) is 5.69 Å². The van der Waals surface area contributed by atoms with Gasteiger partial charge in [0, 0.05) is 19.9 Å². The third-order valence-corrected chi connectivity index (χ3v) is 2.02. The van der Waals surface area contributed by atoms with Crippen molar-refractivity contribution >= 4 is 5.69 Å². The van der Waals surface area contributed by atoms with Gasteiger partial charge in [0.15, 0.2) is 0 Å². The van der Waals surface area contributed by atoms with Crippen molar-refractivity contribution in [1.29, 1.82) is 0 Å². The number of nitrogen functional groups attached to an aromatic ring is 1. The summed E-state index contributed by atoms with van der Waals surface area (Å²) in [4.78, 5) is 23.1. The lowest BCUT2D eigenvalue weighted by atomic mass is 10.5. The summed E-state index contributed by atoms with van der Waals surface area (Å²) in [5, 5.41) is 0. The summed E-state index contributed by atoms with van der Waals surface area (Å²) in [6, 6.07) is 0. The van der Waals surface area contributed by atoms with E-state index in [1.165, 1.54) is 10.8 Å². The second-order valence-corrected chi connectivity index (χ2v) is 3.13. The van der Waals surface area contributed by atoms with Crippen molar-refractivity contribution in [2.45, 2.75) is 13.5 Å². The first kappa shape index (κ1) is 11.5. The fraction of sp³-hybridized carbons (Fsp3) is 0.556. The normalized spacial score (nSPS) is 10.5. The van der Waals surface area contributed by atoms with Gasteiger partial charge in [0.05, 0.1) is 13.2 Å². The molecule has 0 spiro atoms. The average molecular weight is 213 g/mol. The molecule has 0 aliphatic rings. The van der Waals surface area contributed by atoms with Crippen LogP contribution in [0.4, 0.5) is 5.69 Å². The maximum absolute atomic E-state index is 11.6. The summed E-state index contributed by atoms with van der Waals surface area (Å²) >= 11 is 0. The average Bonchev–Trinajstić information content (AvgIpc) is 2.20. The molecule has 0 unspecified atom stereocenters. The van der Waals surface area contributed by atoms with Crippen LogP contribution in [0.3, 0.4) is 0 Å². The smallest absolute Gasteiger partial charge is 0.330 e. The molecule has 1 aromatic heterocycles. The van der Waals surface area contributed by atoms with Crippen LogP contribution < -0.4 is 17.0 Å². The number of hydrogen-bond donors (Lipinski definition) is 1. The Balaban J connectivity index is 3.05. The Morgan fingerprint density at radius 3 is 2.73 bits per heavy atom. The Bertz CT molecular complexity index is 413. The largest absolute Gasteiger partial charge is 0.393 e. The van der Waals surface area contributed by atoms with Crippen molar-refractivity contribution in [2.75, 3.05) is 18.9 Å². The van der Waals surface area contributed by atoms with Crippen molar-refractivity contribution in [1.82, 2.24) is 9.13 Å². The highest BCUT2D eigenvalue weighted by molar-refractivity contribution is 5.30. The van der Waals surface area contributed by atoms with Crippen LogP contribution in [0.5, 0.6) is 0 Å². The first-order valence-electron chi connectivity index (χ1n) is 4.71. The SMILES string of the molecule is CCOCCn1c(=O)c(N)cn(C)c1=O. The summed E-state index contributed by atoms with van der Waals surface area (Å²) in [6.45, 7) is 2.96. The molecule has 2 N–H and O–H groups in total. The van der Waals surface area contributed by atoms with E-state index in [0.29, 0.717) is 13.2 Å². The fourth-order valence-electron chi connectivity index (χ4n) is 1.25. The molecule has 15 heavy (non-hydrogen) atoms. The van der Waals surface area contributed by atoms with Crippen LogP contribution in [-0.2, 0) is 18.3 Å². The van der Waals surface area contributed by atoms with Gasteiger partial charge in [0.25, 0.3) is 5.56 Å². The molecular weight excluding hydrogens is 198 g/mol. The number of aromatic nitrogens is 2. The first-order valence-corrected chi connectivity index (χ1v) is 4.71. The molecule has 0 saturated heterocycles. The topological polar surface area (TPSA) is 79.2 Å². The van der Waals surface area contributed by atoms with Gasteiger partial charge in [-0.2, -0.15) is 0 Å². The first-order chi connectivity index (χ1) is 7.07. The maximum atomic E-state index is 11.6. The molecule has 0 saturated carbocycles. The van der Waals surface area contributed by atoms with Crippen LogP contribution in [0.1, 0.15) is 6.92 Å². The molecular formula is C9H15N3O3. The molecule has 6 nitrogen and oxygen atoms in total. The summed E-state index contributed by atoms with van der Waals surface area (Å²) < 4.78 is 7.43. The fourth-order valence-corrected chi connectivity index (χ4v) is 1.25. The maximum Gasteiger partial charge on any atom is 0.330 e. The van der Waals surface area contributed by atoms with Gasteiger partial charge < -0.3 is 15.0 Å². The lowest BCUT2D eigenvalue weighted by Gasteiger charge is -2.07. The lowest BCUT2D eigenvalue weighted by Crippen LogP contribution is -2.40. The van der Waals surface area contributed by atoms with Crippen LogP contribution in [0.25, 0.3) is 0 Å². The van der Waals surface area contributed by atoms with Gasteiger partial charge in [-0.15, -0.1) is 0 Å². The van der Waals surface area contributed by atoms with E-state index < -0.39 is 5.56 Å². The minimum Gasteiger partial charge on any atom is -0.393 e. The molecule has 0 aliphatic carbocycles. The monoisotopic (exact) mass is 213 g/mol. The zero-order valence-electron chi connectivity index (χ0n) is 8.90. The molecule has 0 radical (unpaired) electrons. The van der Waals surface area contributed by atoms with Gasteiger partial charge in [-0.25, -0.2) is 4.79 Å². The standard InChI is InChI=1S/C9H15N3O3/c1-3-15-5-4-12-8(13)7(10)6-11(2)9(12)14/h6H,3-5,10H2,1-2H3. The molecule has 0 amide bonds. The van der Waals surface area contributed by atoms with Crippen LogP contribution >= 0.6 is 0 Å². The van der Waals surface area contributed by atoms with Gasteiger partial charge >= 0.3 is 5.69 Å². The predicted molar refractivity (Wildman–Crippen MR) is 56.8 cm³/mol. The van der Waals surface area contributed by atoms with Crippen molar-refractivity contribution in [3.05, 3.63) is 27.0 Å². The summed E-state index contributed by atoms with van der Waals surface area (Å²) in [7, 11) is 1.55. The Kier molecular flexibility index (Phi) is 3.68. The predicted octanol–water partition coefficient (Wildman–Crippen LogP) is -0.834. The van der Waals surface area contributed by atoms with Crippen molar-refractivity contribution in [3.63, 3.8) is 0 Å². The van der Waals surface area contributed by atoms with E-state index in [4.69, 9.17) is 10.5 Å². The quantitative estimate of drug-likeness (QED) is 0.662. The molecule has 1 aromatic rings. The summed E-state index contributed by atoms with van der Waals surface area (Å²) in [5.74, 6) is 0. The highest BCUT2D eigenvalue weighted by Crippen LogP contribution is 1.87. The van der Waals surface area contributed by atoms with Gasteiger partial charge in [-0.05, 0) is 6.92 Å². The Morgan fingerprint density at radius 2 is 2.13 bits per heavy atom. The molecule has 0 aromatic carbocycles. The Morgan fingerprint density at radius 1 is 1.47 bits per heavy atom. The van der Waals surface area contributed by atoms with E-state index in [2.05, 4.69) is 0 Å². The number of nitrogens with zero attached hydrogens (tertiary/aromatic N) is 2. The molecule has 84 valence electrons. The molecule has 0 atom stereocenters. The number of hydrogen-bond acceptors (Lipinski definition) is 4. The number of rotatable bonds is 4. The third-order valence-electron chi connectivity index (χ3n) is 2.02. The zero-order valence-corrected chi connectivity index (χ0v) is 8.90. The highest BCUT2D eigenvalue weighted by atomic mass is 16.5. The number of aryl methyl sites for hydroxylation is 1. The second kappa shape index (κ2) is 4.79. The minimum atomic E-state index is -0.460. The number of nitrogens with two attached hydrogens (primary N) is 1. The molecule has 0 fully saturated rings. The lowest BCUT2D eigenvalue weighted by molar-refractivity contribution is 0.137. The molecule has 0 bridgehead atoms. The van der Waals surface area contributed by atoms with Crippen LogP contribution in [0.15, 0.2) is 15.8 Å². The van der Waals surface area contributed by atoms with E-state index in [1.54, 1.807) is 7.05 Å². The van der Waals surface area contributed by atoms with E-state index >= 15 is 0 Å². The van der Waals surface area contributed by atoms with Gasteiger partial charge in [-0.3, -0.25) is 9.36 Å². The van der Waals surface area contributed by atoms with E-state index in [-0.39, 0.29) is 17.9 Å². The summed E-state index contributed by atoms with van der Waals surface area (Å²) in [6.07, 6.45) is 1.32. The van der Waals surface area contributed by atoms with Crippen LogP contribution in [0.2, 0.25) is 0 Å². The molecule has 1 heterocycles. The number of anilines is 1. The van der Waals surface area contributed by atoms with Crippen molar-refractivity contribution in [3.8, 4) is 0 Å². The number of ether oxygens (including phenoxy) is 1. The van der Waals surface area contributed by atoms with Crippen molar-refractivity contribution in [2.24, 2.45) is 7.05 Å². The van der Waals surface area contributed by atoms with Gasteiger partial charge in [-0.1, -0.05) is 0 Å². The molecule has 6 heteroatoms. The highest BCUT2D eigenvalue weighted by Gasteiger charge is 2.06. The Hall–Kier alpha value is -1.56. The molecule has 0 aliphatic heterocycles. The third kappa shape index (κ3) is 2.47. The second-order valence-electron chi connectivity index (χ2n) is 3.13. The van der Waals surface area contributed by atoms with Crippen molar-refractivity contribution < 1.29 is 4.74 Å². The summed E-state index contributed by atoms with van der Waals surface area (Å²) in [5.41, 5.74) is 4.68. The van der Waals surface area contributed by atoms with E-state index in [1.807, 2.05) is 6.92 Å². The van der Waals surface area contributed by atoms with E-state index in [0.717, 1.165) is 4.57 Å². The zero-order chi connectivity index (χ0) is 11.4. The van der Waals surface area contributed by atoms with Crippen LogP contribution in [-0.4, -0.2) is 22.3 Å². The molecule has 1 rings (SSSR count). The van der Waals surface area contributed by atoms with Crippen LogP contribution in [0, 0.1) is 0 Å². The van der Waals surface area contributed by atoms with E-state index in [9.17, 15) is 9.59 Å². The van der Waals surface area contributed by atoms with Gasteiger partial charge in [0.2, 0.25) is 0 Å². The Labute approximate surface area is 86.9 Å².